The van der Waals surface area contributed by atoms with Crippen molar-refractivity contribution >= 4 is 15.9 Å². The Morgan fingerprint density at radius 3 is 2.53 bits per heavy atom. The van der Waals surface area contributed by atoms with Crippen LogP contribution in [0, 0.1) is 6.92 Å². The van der Waals surface area contributed by atoms with E-state index < -0.39 is 11.7 Å². The van der Waals surface area contributed by atoms with Gasteiger partial charge in [-0.05, 0) is 41.1 Å². The molecule has 0 fully saturated rings. The van der Waals surface area contributed by atoms with Crippen LogP contribution in [0.25, 0.3) is 11.5 Å². The molecule has 0 spiro atoms. The molecule has 17 heavy (non-hydrogen) atoms. The Morgan fingerprint density at radius 2 is 2.00 bits per heavy atom. The molecular weight excluding hydrogens is 301 g/mol. The van der Waals surface area contributed by atoms with Crippen LogP contribution in [0.5, 0.6) is 0 Å². The number of aryl methyl sites for hydroxylation is 1. The van der Waals surface area contributed by atoms with Gasteiger partial charge in [-0.15, -0.1) is 0 Å². The minimum Gasteiger partial charge on any atom is -0.334 e. The number of rotatable bonds is 1. The molecule has 0 aliphatic heterocycles. The van der Waals surface area contributed by atoms with Gasteiger partial charge in [-0.1, -0.05) is 5.16 Å². The van der Waals surface area contributed by atoms with Crippen molar-refractivity contribution in [2.24, 2.45) is 0 Å². The summed E-state index contributed by atoms with van der Waals surface area (Å²) in [6.45, 7) is 1.59. The smallest absolute Gasteiger partial charge is 0.334 e. The third kappa shape index (κ3) is 2.49. The molecule has 2 aromatic rings. The lowest BCUT2D eigenvalue weighted by atomic mass is 10.1. The predicted octanol–water partition coefficient (Wildman–Crippen LogP) is 3.83. The molecule has 1 aromatic carbocycles. The standard InChI is InChI=1S/C10H6BrF3N2O/c1-5-15-9(17-16-5)7-4-6(10(12,13)14)2-3-8(7)11/h2-4H,1H3. The Labute approximate surface area is 103 Å². The first-order valence-corrected chi connectivity index (χ1v) is 5.34. The van der Waals surface area contributed by atoms with Gasteiger partial charge in [-0.25, -0.2) is 0 Å². The fourth-order valence-electron chi connectivity index (χ4n) is 1.27. The van der Waals surface area contributed by atoms with Gasteiger partial charge in [0.1, 0.15) is 0 Å². The van der Waals surface area contributed by atoms with Gasteiger partial charge < -0.3 is 4.52 Å². The lowest BCUT2D eigenvalue weighted by molar-refractivity contribution is -0.137. The number of aromatic nitrogens is 2. The van der Waals surface area contributed by atoms with Gasteiger partial charge in [-0.2, -0.15) is 18.2 Å². The molecule has 1 aromatic heterocycles. The maximum atomic E-state index is 12.5. The number of benzene rings is 1. The normalized spacial score (nSPS) is 11.8. The highest BCUT2D eigenvalue weighted by molar-refractivity contribution is 9.10. The van der Waals surface area contributed by atoms with E-state index in [0.29, 0.717) is 10.3 Å². The second kappa shape index (κ2) is 4.14. The summed E-state index contributed by atoms with van der Waals surface area (Å²) in [6.07, 6.45) is -4.40. The van der Waals surface area contributed by atoms with Crippen LogP contribution in [0.2, 0.25) is 0 Å². The summed E-state index contributed by atoms with van der Waals surface area (Å²) in [6, 6.07) is 3.26. The van der Waals surface area contributed by atoms with E-state index >= 15 is 0 Å². The Bertz CT molecular complexity index is 551. The Morgan fingerprint density at radius 1 is 1.29 bits per heavy atom. The molecule has 0 atom stereocenters. The lowest BCUT2D eigenvalue weighted by Crippen LogP contribution is -2.04. The number of hydrogen-bond donors (Lipinski definition) is 0. The van der Waals surface area contributed by atoms with Crippen LogP contribution in [0.4, 0.5) is 13.2 Å². The molecule has 0 aliphatic carbocycles. The van der Waals surface area contributed by atoms with Crippen molar-refractivity contribution in [3.05, 3.63) is 34.1 Å². The third-order valence-corrected chi connectivity index (χ3v) is 2.74. The van der Waals surface area contributed by atoms with Gasteiger partial charge in [0.15, 0.2) is 5.82 Å². The number of alkyl halides is 3. The molecule has 0 unspecified atom stereocenters. The van der Waals surface area contributed by atoms with Gasteiger partial charge in [-0.3, -0.25) is 0 Å². The van der Waals surface area contributed by atoms with E-state index in [-0.39, 0.29) is 11.5 Å². The Hall–Kier alpha value is -1.37. The van der Waals surface area contributed by atoms with Crippen LogP contribution in [0.3, 0.4) is 0 Å². The van der Waals surface area contributed by atoms with E-state index in [1.54, 1.807) is 6.92 Å². The first-order chi connectivity index (χ1) is 7.88. The van der Waals surface area contributed by atoms with Crippen molar-refractivity contribution in [3.8, 4) is 11.5 Å². The summed E-state index contributed by atoms with van der Waals surface area (Å²) in [5.41, 5.74) is -0.535. The fourth-order valence-corrected chi connectivity index (χ4v) is 1.69. The zero-order valence-electron chi connectivity index (χ0n) is 8.55. The van der Waals surface area contributed by atoms with Crippen LogP contribution in [-0.2, 0) is 6.18 Å². The maximum Gasteiger partial charge on any atom is 0.416 e. The zero-order chi connectivity index (χ0) is 12.6. The highest BCUT2D eigenvalue weighted by Crippen LogP contribution is 2.35. The predicted molar refractivity (Wildman–Crippen MR) is 57.2 cm³/mol. The van der Waals surface area contributed by atoms with Crippen molar-refractivity contribution in [2.45, 2.75) is 13.1 Å². The molecule has 0 radical (unpaired) electrons. The lowest BCUT2D eigenvalue weighted by Gasteiger charge is -2.08. The number of hydrogen-bond acceptors (Lipinski definition) is 3. The first-order valence-electron chi connectivity index (χ1n) is 4.55. The van der Waals surface area contributed by atoms with Gasteiger partial charge >= 0.3 is 6.18 Å². The summed E-state index contributed by atoms with van der Waals surface area (Å²) in [4.78, 5) is 3.89. The minimum absolute atomic E-state index is 0.0560. The van der Waals surface area contributed by atoms with Crippen LogP contribution in [0.1, 0.15) is 11.4 Å². The largest absolute Gasteiger partial charge is 0.416 e. The van der Waals surface area contributed by atoms with Crippen LogP contribution in [-0.4, -0.2) is 10.1 Å². The molecule has 0 saturated heterocycles. The molecular formula is C10H6BrF3N2O. The second-order valence-corrected chi connectivity index (χ2v) is 4.19. The van der Waals surface area contributed by atoms with E-state index in [9.17, 15) is 13.2 Å². The van der Waals surface area contributed by atoms with Gasteiger partial charge in [0.25, 0.3) is 5.89 Å². The summed E-state index contributed by atoms with van der Waals surface area (Å²) in [5, 5.41) is 3.54. The Balaban J connectivity index is 2.54. The monoisotopic (exact) mass is 306 g/mol. The molecule has 90 valence electrons. The molecule has 0 aliphatic rings. The van der Waals surface area contributed by atoms with E-state index in [1.165, 1.54) is 6.07 Å². The molecule has 3 nitrogen and oxygen atoms in total. The van der Waals surface area contributed by atoms with Gasteiger partial charge in [0.05, 0.1) is 11.1 Å². The first kappa shape index (κ1) is 12.1. The molecule has 1 heterocycles. The van der Waals surface area contributed by atoms with Crippen molar-refractivity contribution in [3.63, 3.8) is 0 Å². The SMILES string of the molecule is Cc1noc(-c2cc(C(F)(F)F)ccc2Br)n1. The highest BCUT2D eigenvalue weighted by atomic mass is 79.9. The molecule has 2 rings (SSSR count). The quantitative estimate of drug-likeness (QED) is 0.804. The molecule has 0 N–H and O–H groups in total. The average Bonchev–Trinajstić information content (AvgIpc) is 2.63. The number of halogens is 4. The van der Waals surface area contributed by atoms with E-state index in [4.69, 9.17) is 4.52 Å². The minimum atomic E-state index is -4.40. The van der Waals surface area contributed by atoms with Crippen molar-refractivity contribution in [2.75, 3.05) is 0 Å². The van der Waals surface area contributed by atoms with Crippen LogP contribution < -0.4 is 0 Å². The number of nitrogens with zero attached hydrogens (tertiary/aromatic N) is 2. The second-order valence-electron chi connectivity index (χ2n) is 3.34. The van der Waals surface area contributed by atoms with Crippen LogP contribution in [0.15, 0.2) is 27.2 Å². The molecule has 0 bridgehead atoms. The van der Waals surface area contributed by atoms with E-state index in [1.807, 2.05) is 0 Å². The van der Waals surface area contributed by atoms with Crippen molar-refractivity contribution in [1.82, 2.24) is 10.1 Å². The van der Waals surface area contributed by atoms with Crippen LogP contribution >= 0.6 is 15.9 Å². The molecule has 0 amide bonds. The topological polar surface area (TPSA) is 38.9 Å². The van der Waals surface area contributed by atoms with E-state index in [2.05, 4.69) is 26.1 Å². The van der Waals surface area contributed by atoms with Crippen molar-refractivity contribution in [1.29, 1.82) is 0 Å². The van der Waals surface area contributed by atoms with E-state index in [0.717, 1.165) is 12.1 Å². The van der Waals surface area contributed by atoms with Gasteiger partial charge in [0.2, 0.25) is 0 Å². The third-order valence-electron chi connectivity index (χ3n) is 2.05. The average molecular weight is 307 g/mol. The van der Waals surface area contributed by atoms with Crippen molar-refractivity contribution < 1.29 is 17.7 Å². The highest BCUT2D eigenvalue weighted by Gasteiger charge is 2.31. The fraction of sp³-hybridized carbons (Fsp3) is 0.200. The summed E-state index contributed by atoms with van der Waals surface area (Å²) in [5.74, 6) is 0.421. The Kier molecular flexibility index (Phi) is 2.94. The maximum absolute atomic E-state index is 12.5. The molecule has 0 saturated carbocycles. The summed E-state index contributed by atoms with van der Waals surface area (Å²) in [7, 11) is 0. The molecule has 7 heteroatoms. The zero-order valence-corrected chi connectivity index (χ0v) is 10.1. The summed E-state index contributed by atoms with van der Waals surface area (Å²) < 4.78 is 42.9. The van der Waals surface area contributed by atoms with Gasteiger partial charge in [0, 0.05) is 4.47 Å². The summed E-state index contributed by atoms with van der Waals surface area (Å²) >= 11 is 3.15.